The molecule has 0 fully saturated rings. The molecule has 0 saturated carbocycles. The van der Waals surface area contributed by atoms with Crippen LogP contribution in [-0.4, -0.2) is 35.1 Å². The van der Waals surface area contributed by atoms with Crippen molar-refractivity contribution in [3.05, 3.63) is 70.2 Å². The van der Waals surface area contributed by atoms with E-state index in [1.54, 1.807) is 16.7 Å². The number of carbonyl (C=O) groups excluding carboxylic acids is 2. The fourth-order valence-corrected chi connectivity index (χ4v) is 4.10. The summed E-state index contributed by atoms with van der Waals surface area (Å²) in [4.78, 5) is 27.4. The summed E-state index contributed by atoms with van der Waals surface area (Å²) in [5.41, 5.74) is 3.30. The number of likely N-dealkylation sites (N-methyl/N-ethyl adjacent to an activating group) is 1. The predicted molar refractivity (Wildman–Crippen MR) is 122 cm³/mol. The normalized spacial score (nSPS) is 11.7. The number of nitrogens with zero attached hydrogens (tertiary/aromatic N) is 1. The minimum atomic E-state index is -0.474. The van der Waals surface area contributed by atoms with Gasteiger partial charge in [0.2, 0.25) is 11.8 Å². The van der Waals surface area contributed by atoms with Gasteiger partial charge in [0.1, 0.15) is 6.04 Å². The SMILES string of the molecule is CCNC(=O)[C@@H](CC)N(Cc1ccccc1C)C(=O)CSCc1ccc(Cl)cc1. The highest BCUT2D eigenvalue weighted by molar-refractivity contribution is 7.99. The van der Waals surface area contributed by atoms with Crippen molar-refractivity contribution in [2.45, 2.75) is 45.5 Å². The van der Waals surface area contributed by atoms with Gasteiger partial charge in [0.05, 0.1) is 5.75 Å². The monoisotopic (exact) mass is 432 g/mol. The van der Waals surface area contributed by atoms with Gasteiger partial charge in [0, 0.05) is 23.9 Å². The van der Waals surface area contributed by atoms with Gasteiger partial charge in [-0.05, 0) is 49.1 Å². The molecule has 0 bridgehead atoms. The average Bonchev–Trinajstić information content (AvgIpc) is 2.71. The molecule has 1 atom stereocenters. The minimum Gasteiger partial charge on any atom is -0.355 e. The smallest absolute Gasteiger partial charge is 0.242 e. The molecule has 0 saturated heterocycles. The van der Waals surface area contributed by atoms with Crippen LogP contribution in [0.2, 0.25) is 5.02 Å². The number of aryl methyl sites for hydroxylation is 1. The molecule has 2 rings (SSSR count). The first-order valence-corrected chi connectivity index (χ1v) is 11.4. The van der Waals surface area contributed by atoms with E-state index in [9.17, 15) is 9.59 Å². The summed E-state index contributed by atoms with van der Waals surface area (Å²) in [6.07, 6.45) is 0.575. The van der Waals surface area contributed by atoms with Gasteiger partial charge in [-0.15, -0.1) is 11.8 Å². The van der Waals surface area contributed by atoms with Gasteiger partial charge in [0.25, 0.3) is 0 Å². The lowest BCUT2D eigenvalue weighted by Crippen LogP contribution is -2.49. The molecular formula is C23H29ClN2O2S. The number of hydrogen-bond donors (Lipinski definition) is 1. The Morgan fingerprint density at radius 1 is 1.10 bits per heavy atom. The molecule has 156 valence electrons. The standard InChI is InChI=1S/C23H29ClN2O2S/c1-4-21(23(28)25-5-2)26(14-19-9-7-6-8-17(19)3)22(27)16-29-15-18-10-12-20(24)13-11-18/h6-13,21H,4-5,14-16H2,1-3H3,(H,25,28)/t21-/m1/s1. The van der Waals surface area contributed by atoms with Crippen LogP contribution in [0, 0.1) is 6.92 Å². The third-order valence-electron chi connectivity index (χ3n) is 4.75. The molecule has 0 aliphatic carbocycles. The molecule has 1 N–H and O–H groups in total. The van der Waals surface area contributed by atoms with Crippen molar-refractivity contribution in [1.82, 2.24) is 10.2 Å². The zero-order valence-corrected chi connectivity index (χ0v) is 18.9. The first-order valence-electron chi connectivity index (χ1n) is 9.90. The first-order chi connectivity index (χ1) is 14.0. The molecule has 0 aliphatic rings. The van der Waals surface area contributed by atoms with E-state index in [0.717, 1.165) is 22.4 Å². The molecule has 6 heteroatoms. The van der Waals surface area contributed by atoms with Crippen LogP contribution in [0.15, 0.2) is 48.5 Å². The second kappa shape index (κ2) is 11.9. The third-order valence-corrected chi connectivity index (χ3v) is 5.99. The van der Waals surface area contributed by atoms with Crippen LogP contribution in [0.25, 0.3) is 0 Å². The number of amides is 2. The summed E-state index contributed by atoms with van der Waals surface area (Å²) in [5.74, 6) is 0.925. The highest BCUT2D eigenvalue weighted by atomic mass is 35.5. The van der Waals surface area contributed by atoms with Crippen molar-refractivity contribution >= 4 is 35.2 Å². The highest BCUT2D eigenvalue weighted by Gasteiger charge is 2.28. The van der Waals surface area contributed by atoms with Gasteiger partial charge >= 0.3 is 0 Å². The topological polar surface area (TPSA) is 49.4 Å². The van der Waals surface area contributed by atoms with Crippen molar-refractivity contribution < 1.29 is 9.59 Å². The summed E-state index contributed by atoms with van der Waals surface area (Å²) in [6, 6.07) is 15.2. The zero-order chi connectivity index (χ0) is 21.2. The maximum Gasteiger partial charge on any atom is 0.242 e. The summed E-state index contributed by atoms with van der Waals surface area (Å²) in [6.45, 7) is 6.84. The van der Waals surface area contributed by atoms with E-state index in [-0.39, 0.29) is 11.8 Å². The summed E-state index contributed by atoms with van der Waals surface area (Å²) in [5, 5.41) is 3.57. The Morgan fingerprint density at radius 3 is 2.41 bits per heavy atom. The van der Waals surface area contributed by atoms with Gasteiger partial charge < -0.3 is 10.2 Å². The van der Waals surface area contributed by atoms with Crippen molar-refractivity contribution in [2.24, 2.45) is 0 Å². The molecule has 0 aromatic heterocycles. The van der Waals surface area contributed by atoms with Crippen molar-refractivity contribution in [3.63, 3.8) is 0 Å². The summed E-state index contributed by atoms with van der Waals surface area (Å²) < 4.78 is 0. The molecule has 2 amide bonds. The number of nitrogens with one attached hydrogen (secondary N) is 1. The van der Waals surface area contributed by atoms with Crippen molar-refractivity contribution in [2.75, 3.05) is 12.3 Å². The van der Waals surface area contributed by atoms with E-state index in [0.29, 0.717) is 30.3 Å². The Kier molecular flexibility index (Phi) is 9.55. The van der Waals surface area contributed by atoms with E-state index >= 15 is 0 Å². The van der Waals surface area contributed by atoms with Crippen LogP contribution in [0.5, 0.6) is 0 Å². The Bertz CT molecular complexity index is 811. The molecule has 0 radical (unpaired) electrons. The summed E-state index contributed by atoms with van der Waals surface area (Å²) >= 11 is 7.48. The van der Waals surface area contributed by atoms with Crippen LogP contribution in [0.3, 0.4) is 0 Å². The number of carbonyl (C=O) groups is 2. The number of rotatable bonds is 10. The third kappa shape index (κ3) is 7.09. The lowest BCUT2D eigenvalue weighted by atomic mass is 10.1. The van der Waals surface area contributed by atoms with E-state index in [1.165, 1.54) is 0 Å². The number of hydrogen-bond acceptors (Lipinski definition) is 3. The van der Waals surface area contributed by atoms with E-state index in [2.05, 4.69) is 5.32 Å². The van der Waals surface area contributed by atoms with Crippen molar-refractivity contribution in [1.29, 1.82) is 0 Å². The van der Waals surface area contributed by atoms with Gasteiger partial charge in [-0.1, -0.05) is 54.9 Å². The summed E-state index contributed by atoms with van der Waals surface area (Å²) in [7, 11) is 0. The fraction of sp³-hybridized carbons (Fsp3) is 0.391. The second-order valence-electron chi connectivity index (χ2n) is 6.89. The lowest BCUT2D eigenvalue weighted by Gasteiger charge is -2.31. The largest absolute Gasteiger partial charge is 0.355 e. The molecule has 4 nitrogen and oxygen atoms in total. The molecule has 0 heterocycles. The minimum absolute atomic E-state index is 0.0229. The second-order valence-corrected chi connectivity index (χ2v) is 8.31. The van der Waals surface area contributed by atoms with Gasteiger partial charge in [-0.3, -0.25) is 9.59 Å². The average molecular weight is 433 g/mol. The molecule has 0 spiro atoms. The van der Waals surface area contributed by atoms with Gasteiger partial charge in [0.15, 0.2) is 0 Å². The quantitative estimate of drug-likeness (QED) is 0.585. The van der Waals surface area contributed by atoms with Crippen LogP contribution in [-0.2, 0) is 21.9 Å². The Hall–Kier alpha value is -1.98. The Labute approximate surface area is 183 Å². The number of thioether (sulfide) groups is 1. The van der Waals surface area contributed by atoms with E-state index in [4.69, 9.17) is 11.6 Å². The molecule has 0 aliphatic heterocycles. The molecule has 29 heavy (non-hydrogen) atoms. The predicted octanol–water partition coefficient (Wildman–Crippen LogP) is 4.83. The maximum absolute atomic E-state index is 13.1. The van der Waals surface area contributed by atoms with Crippen LogP contribution >= 0.6 is 23.4 Å². The number of halogens is 1. The van der Waals surface area contributed by atoms with Crippen molar-refractivity contribution in [3.8, 4) is 0 Å². The lowest BCUT2D eigenvalue weighted by molar-refractivity contribution is -0.139. The molecular weight excluding hydrogens is 404 g/mol. The van der Waals surface area contributed by atoms with Crippen LogP contribution in [0.1, 0.15) is 37.0 Å². The van der Waals surface area contributed by atoms with Crippen LogP contribution < -0.4 is 5.32 Å². The molecule has 0 unspecified atom stereocenters. The van der Waals surface area contributed by atoms with Crippen LogP contribution in [0.4, 0.5) is 0 Å². The Balaban J connectivity index is 2.11. The molecule has 2 aromatic rings. The maximum atomic E-state index is 13.1. The zero-order valence-electron chi connectivity index (χ0n) is 17.3. The fourth-order valence-electron chi connectivity index (χ4n) is 3.10. The van der Waals surface area contributed by atoms with E-state index < -0.39 is 6.04 Å². The molecule has 2 aromatic carbocycles. The number of benzene rings is 2. The Morgan fingerprint density at radius 2 is 1.79 bits per heavy atom. The first kappa shape index (κ1) is 23.3. The van der Waals surface area contributed by atoms with Gasteiger partial charge in [-0.2, -0.15) is 0 Å². The van der Waals surface area contributed by atoms with Gasteiger partial charge in [-0.25, -0.2) is 0 Å². The highest BCUT2D eigenvalue weighted by Crippen LogP contribution is 2.19. The van der Waals surface area contributed by atoms with E-state index in [1.807, 2.05) is 69.3 Å².